The molecule has 7 unspecified atom stereocenters. The second kappa shape index (κ2) is 8.37. The molecule has 33 heavy (non-hydrogen) atoms. The molecule has 5 aliphatic rings. The lowest BCUT2D eigenvalue weighted by molar-refractivity contribution is -0.191. The first-order valence-corrected chi connectivity index (χ1v) is 14.3. The number of hydrogen-bond acceptors (Lipinski definition) is 3. The van der Waals surface area contributed by atoms with Crippen LogP contribution in [-0.2, 0) is 14.3 Å². The quantitative estimate of drug-likeness (QED) is 0.415. The summed E-state index contributed by atoms with van der Waals surface area (Å²) in [5, 5.41) is 0. The Labute approximate surface area is 202 Å². The van der Waals surface area contributed by atoms with Crippen LogP contribution in [0.5, 0.6) is 0 Å². The Bertz CT molecular complexity index is 789. The first kappa shape index (κ1) is 23.9. The normalized spacial score (nSPS) is 51.6. The molecule has 5 aliphatic carbocycles. The molecular formula is C30H48O3. The van der Waals surface area contributed by atoms with E-state index < -0.39 is 0 Å². The van der Waals surface area contributed by atoms with Crippen molar-refractivity contribution in [2.45, 2.75) is 112 Å². The molecule has 0 aromatic rings. The molecule has 0 amide bonds. The number of ether oxygens (including phenoxy) is 1. The van der Waals surface area contributed by atoms with Crippen molar-refractivity contribution >= 4 is 11.8 Å². The third kappa shape index (κ3) is 3.74. The molecule has 5 fully saturated rings. The molecule has 0 bridgehead atoms. The lowest BCUT2D eigenvalue weighted by Gasteiger charge is -2.63. The summed E-state index contributed by atoms with van der Waals surface area (Å²) < 4.78 is 6.18. The Balaban J connectivity index is 1.41. The number of Topliss-reactive ketones (excluding diaryl/α,β-unsaturated/α-hetero) is 1. The molecule has 3 nitrogen and oxygen atoms in total. The van der Waals surface area contributed by atoms with Gasteiger partial charge in [0.2, 0.25) is 0 Å². The van der Waals surface area contributed by atoms with Crippen LogP contribution in [0.25, 0.3) is 0 Å². The van der Waals surface area contributed by atoms with Gasteiger partial charge in [0.15, 0.2) is 0 Å². The van der Waals surface area contributed by atoms with Gasteiger partial charge in [-0.3, -0.25) is 9.59 Å². The maximum atomic E-state index is 12.3. The van der Waals surface area contributed by atoms with Crippen LogP contribution in [0.2, 0.25) is 0 Å². The lowest BCUT2D eigenvalue weighted by Crippen LogP contribution is -2.59. The van der Waals surface area contributed by atoms with Gasteiger partial charge in [-0.15, -0.1) is 0 Å². The highest BCUT2D eigenvalue weighted by atomic mass is 16.5. The van der Waals surface area contributed by atoms with Crippen molar-refractivity contribution in [2.75, 3.05) is 0 Å². The minimum absolute atomic E-state index is 0.0831. The van der Waals surface area contributed by atoms with Crippen LogP contribution in [0.1, 0.15) is 106 Å². The van der Waals surface area contributed by atoms with E-state index in [1.165, 1.54) is 44.9 Å². The van der Waals surface area contributed by atoms with Crippen LogP contribution < -0.4 is 0 Å². The lowest BCUT2D eigenvalue weighted by atomic mass is 9.43. The van der Waals surface area contributed by atoms with Gasteiger partial charge in [0.1, 0.15) is 11.9 Å². The maximum Gasteiger partial charge on any atom is 0.302 e. The highest BCUT2D eigenvalue weighted by molar-refractivity contribution is 5.83. The summed E-state index contributed by atoms with van der Waals surface area (Å²) in [7, 11) is 0. The van der Waals surface area contributed by atoms with Crippen molar-refractivity contribution < 1.29 is 14.3 Å². The summed E-state index contributed by atoms with van der Waals surface area (Å²) in [6.45, 7) is 13.7. The minimum Gasteiger partial charge on any atom is -0.462 e. The second-order valence-corrected chi connectivity index (χ2v) is 13.7. The standard InChI is InChI=1S/C30H48O3/c1-7-26(32)22-16-21(22)18(3)23-8-9-24-28-25(11-13-30(23,24)6)29(5)12-10-17(2)14-20(29)15-27(28)33-19(4)31/h17-18,20-25,27-28H,7-16H2,1-6H3/t17-,18-,20+,21?,22?,23?,24?,25?,27?,28?,29+,30-/m1/s1. The molecule has 0 spiro atoms. The fourth-order valence-corrected chi connectivity index (χ4v) is 10.4. The molecule has 0 aromatic carbocycles. The molecule has 3 heteroatoms. The van der Waals surface area contributed by atoms with Crippen molar-refractivity contribution in [3.63, 3.8) is 0 Å². The second-order valence-electron chi connectivity index (χ2n) is 13.7. The van der Waals surface area contributed by atoms with Gasteiger partial charge in [-0.1, -0.05) is 41.0 Å². The summed E-state index contributed by atoms with van der Waals surface area (Å²) in [4.78, 5) is 24.6. The van der Waals surface area contributed by atoms with Gasteiger partial charge in [-0.2, -0.15) is 0 Å². The molecule has 0 saturated heterocycles. The van der Waals surface area contributed by atoms with Crippen LogP contribution in [0, 0.1) is 64.1 Å². The monoisotopic (exact) mass is 456 g/mol. The highest BCUT2D eigenvalue weighted by Crippen LogP contribution is 2.70. The number of carbonyl (C=O) groups excluding carboxylic acids is 2. The summed E-state index contributed by atoms with van der Waals surface area (Å²) in [6, 6.07) is 0. The molecule has 186 valence electrons. The molecule has 5 rings (SSSR count). The molecule has 0 aromatic heterocycles. The van der Waals surface area contributed by atoms with E-state index in [0.29, 0.717) is 64.5 Å². The number of carbonyl (C=O) groups is 2. The topological polar surface area (TPSA) is 43.4 Å². The van der Waals surface area contributed by atoms with E-state index in [0.717, 1.165) is 24.7 Å². The Morgan fingerprint density at radius 3 is 2.36 bits per heavy atom. The molecule has 0 aliphatic heterocycles. The zero-order valence-electron chi connectivity index (χ0n) is 22.1. The highest BCUT2D eigenvalue weighted by Gasteiger charge is 2.64. The van der Waals surface area contributed by atoms with Crippen molar-refractivity contribution in [3.8, 4) is 0 Å². The average molecular weight is 457 g/mol. The number of rotatable bonds is 5. The predicted octanol–water partition coefficient (Wildman–Crippen LogP) is 7.07. The van der Waals surface area contributed by atoms with E-state index in [9.17, 15) is 9.59 Å². The third-order valence-corrected chi connectivity index (χ3v) is 12.2. The minimum atomic E-state index is -0.0831. The largest absolute Gasteiger partial charge is 0.462 e. The van der Waals surface area contributed by atoms with Crippen molar-refractivity contribution in [2.24, 2.45) is 64.1 Å². The third-order valence-electron chi connectivity index (χ3n) is 12.2. The van der Waals surface area contributed by atoms with E-state index in [-0.39, 0.29) is 12.1 Å². The van der Waals surface area contributed by atoms with E-state index in [2.05, 4.69) is 27.7 Å². The van der Waals surface area contributed by atoms with Gasteiger partial charge in [0.05, 0.1) is 0 Å². The van der Waals surface area contributed by atoms with E-state index in [1.807, 2.05) is 6.92 Å². The van der Waals surface area contributed by atoms with Crippen molar-refractivity contribution in [1.82, 2.24) is 0 Å². The summed E-state index contributed by atoms with van der Waals surface area (Å²) in [6.07, 6.45) is 12.3. The molecule has 5 saturated carbocycles. The predicted molar refractivity (Wildman–Crippen MR) is 131 cm³/mol. The van der Waals surface area contributed by atoms with E-state index in [4.69, 9.17) is 4.74 Å². The SMILES string of the molecule is CCC(=O)C1CC1[C@@H](C)C1CCC2C3C(OC(C)=O)C[C@@H]4C[C@H](C)CC[C@]4(C)C3CC[C@@]21C. The van der Waals surface area contributed by atoms with E-state index in [1.54, 1.807) is 6.92 Å². The molecule has 0 radical (unpaired) electrons. The van der Waals surface area contributed by atoms with Gasteiger partial charge >= 0.3 is 5.97 Å². The fourth-order valence-electron chi connectivity index (χ4n) is 10.4. The average Bonchev–Trinajstić information content (AvgIpc) is 3.48. The Kier molecular flexibility index (Phi) is 6.05. The van der Waals surface area contributed by atoms with Gasteiger partial charge in [0.25, 0.3) is 0 Å². The summed E-state index contributed by atoms with van der Waals surface area (Å²) >= 11 is 0. The van der Waals surface area contributed by atoms with Gasteiger partial charge in [-0.25, -0.2) is 0 Å². The van der Waals surface area contributed by atoms with Crippen LogP contribution >= 0.6 is 0 Å². The summed E-state index contributed by atoms with van der Waals surface area (Å²) in [5.74, 6) is 6.16. The Morgan fingerprint density at radius 2 is 1.67 bits per heavy atom. The summed E-state index contributed by atoms with van der Waals surface area (Å²) in [5.41, 5.74) is 0.764. The first-order chi connectivity index (χ1) is 15.6. The van der Waals surface area contributed by atoms with E-state index >= 15 is 0 Å². The van der Waals surface area contributed by atoms with Gasteiger partial charge < -0.3 is 4.74 Å². The van der Waals surface area contributed by atoms with Gasteiger partial charge in [-0.05, 0) is 104 Å². The number of ketones is 1. The van der Waals surface area contributed by atoms with Crippen molar-refractivity contribution in [3.05, 3.63) is 0 Å². The van der Waals surface area contributed by atoms with Crippen LogP contribution in [0.4, 0.5) is 0 Å². The van der Waals surface area contributed by atoms with Crippen LogP contribution in [-0.4, -0.2) is 17.9 Å². The van der Waals surface area contributed by atoms with Crippen LogP contribution in [0.15, 0.2) is 0 Å². The van der Waals surface area contributed by atoms with Crippen molar-refractivity contribution in [1.29, 1.82) is 0 Å². The van der Waals surface area contributed by atoms with Crippen LogP contribution in [0.3, 0.4) is 0 Å². The molecule has 0 N–H and O–H groups in total. The number of fused-ring (bicyclic) bond motifs is 5. The Hall–Kier alpha value is -0.860. The first-order valence-electron chi connectivity index (χ1n) is 14.3. The zero-order chi connectivity index (χ0) is 23.7. The smallest absolute Gasteiger partial charge is 0.302 e. The molecular weight excluding hydrogens is 408 g/mol. The number of hydrogen-bond donors (Lipinski definition) is 0. The zero-order valence-corrected chi connectivity index (χ0v) is 22.1. The Morgan fingerprint density at radius 1 is 0.970 bits per heavy atom. The maximum absolute atomic E-state index is 12.3. The number of esters is 1. The molecule has 12 atom stereocenters. The molecule has 0 heterocycles. The van der Waals surface area contributed by atoms with Gasteiger partial charge in [0, 0.05) is 25.2 Å². The fraction of sp³-hybridized carbons (Fsp3) is 0.933.